The van der Waals surface area contributed by atoms with Crippen LogP contribution in [0.15, 0.2) is 104 Å². The molecule has 1 atom stereocenters. The van der Waals surface area contributed by atoms with Crippen molar-refractivity contribution in [2.75, 3.05) is 23.9 Å². The van der Waals surface area contributed by atoms with Crippen molar-refractivity contribution in [1.29, 1.82) is 0 Å². The van der Waals surface area contributed by atoms with Crippen LogP contribution in [0.2, 0.25) is 0 Å². The van der Waals surface area contributed by atoms with Gasteiger partial charge in [-0.05, 0) is 65.1 Å². The number of aryl methyl sites for hydroxylation is 1. The number of nitrogens with one attached hydrogen (secondary N) is 2. The summed E-state index contributed by atoms with van der Waals surface area (Å²) in [5.41, 5.74) is 5.85. The number of Topliss-reactive ketones (excluding diaryl/α,β-unsaturated/α-hetero) is 1. The lowest BCUT2D eigenvalue weighted by Gasteiger charge is -2.28. The van der Waals surface area contributed by atoms with Crippen molar-refractivity contribution in [3.63, 3.8) is 0 Å². The van der Waals surface area contributed by atoms with Crippen molar-refractivity contribution in [2.24, 2.45) is 0 Å². The van der Waals surface area contributed by atoms with Crippen LogP contribution >= 0.6 is 11.3 Å². The molecular weight excluding hydrogens is 641 g/mol. The molecule has 3 aromatic carbocycles. The minimum absolute atomic E-state index is 0.146. The Morgan fingerprint density at radius 1 is 1.04 bits per heavy atom. The number of ether oxygens (including phenoxy) is 1. The Morgan fingerprint density at radius 2 is 1.84 bits per heavy atom. The number of pyridine rings is 1. The number of rotatable bonds is 14. The summed E-state index contributed by atoms with van der Waals surface area (Å²) in [5.74, 6) is 1.18. The number of carbonyl (C=O) groups excluding carboxylic acids is 2. The average molecular weight is 678 g/mol. The van der Waals surface area contributed by atoms with Gasteiger partial charge in [-0.1, -0.05) is 48.5 Å². The summed E-state index contributed by atoms with van der Waals surface area (Å²) in [6.45, 7) is 1.30. The third-order valence-electron chi connectivity index (χ3n) is 8.48. The highest BCUT2D eigenvalue weighted by atomic mass is 32.1. The number of thiazole rings is 1. The number of para-hydroxylation sites is 2. The van der Waals surface area contributed by atoms with Gasteiger partial charge in [0.05, 0.1) is 18.0 Å². The van der Waals surface area contributed by atoms with Crippen LogP contribution in [0.1, 0.15) is 41.9 Å². The SMILES string of the molecule is CN1C=CC(Cc2cc[n+](CCC(=O)CCCOc3ccc(CNC(=O)Nc4ncc([N+](=O)[O-])s4)cc3)c3ccccc23)c2ccccc21. The van der Waals surface area contributed by atoms with Gasteiger partial charge >= 0.3 is 11.0 Å². The quantitative estimate of drug-likeness (QED) is 0.0565. The van der Waals surface area contributed by atoms with Gasteiger partial charge in [0.1, 0.15) is 17.7 Å². The summed E-state index contributed by atoms with van der Waals surface area (Å²) >= 11 is 0.786. The Hall–Kier alpha value is -5.62. The molecule has 2 amide bonds. The first kappa shape index (κ1) is 33.3. The largest absolute Gasteiger partial charge is 0.494 e. The van der Waals surface area contributed by atoms with E-state index in [9.17, 15) is 19.7 Å². The second-order valence-electron chi connectivity index (χ2n) is 11.8. The van der Waals surface area contributed by atoms with Crippen LogP contribution in [0.5, 0.6) is 5.75 Å². The van der Waals surface area contributed by atoms with Crippen molar-refractivity contribution in [2.45, 2.75) is 44.7 Å². The maximum atomic E-state index is 12.8. The van der Waals surface area contributed by atoms with Gasteiger partial charge in [0.25, 0.3) is 0 Å². The van der Waals surface area contributed by atoms with Crippen LogP contribution in [0, 0.1) is 10.1 Å². The van der Waals surface area contributed by atoms with E-state index in [0.717, 1.165) is 35.0 Å². The van der Waals surface area contributed by atoms with Crippen molar-refractivity contribution < 1.29 is 23.8 Å². The normalized spacial score (nSPS) is 13.6. The van der Waals surface area contributed by atoms with E-state index in [4.69, 9.17) is 4.74 Å². The van der Waals surface area contributed by atoms with E-state index < -0.39 is 11.0 Å². The summed E-state index contributed by atoms with van der Waals surface area (Å²) in [4.78, 5) is 41.1. The molecular formula is C37H37N6O5S+. The molecule has 11 nitrogen and oxygen atoms in total. The number of allylic oxidation sites excluding steroid dienone is 1. The van der Waals surface area contributed by atoms with Crippen molar-refractivity contribution >= 4 is 49.9 Å². The van der Waals surface area contributed by atoms with Gasteiger partial charge in [-0.2, -0.15) is 4.57 Å². The zero-order valence-corrected chi connectivity index (χ0v) is 27.9. The van der Waals surface area contributed by atoms with Crippen LogP contribution in [0.4, 0.5) is 20.6 Å². The Bertz CT molecular complexity index is 1990. The molecule has 250 valence electrons. The fourth-order valence-electron chi connectivity index (χ4n) is 5.94. The zero-order chi connectivity index (χ0) is 34.2. The Balaban J connectivity index is 0.935. The lowest BCUT2D eigenvalue weighted by Crippen LogP contribution is -2.35. The highest BCUT2D eigenvalue weighted by Gasteiger charge is 2.22. The number of ketones is 1. The van der Waals surface area contributed by atoms with E-state index in [1.807, 2.05) is 30.3 Å². The molecule has 0 saturated carbocycles. The molecule has 6 rings (SSSR count). The Morgan fingerprint density at radius 3 is 2.65 bits per heavy atom. The number of benzene rings is 3. The van der Waals surface area contributed by atoms with E-state index in [1.54, 1.807) is 0 Å². The van der Waals surface area contributed by atoms with Gasteiger partial charge in [-0.3, -0.25) is 20.2 Å². The van der Waals surface area contributed by atoms with E-state index in [0.29, 0.717) is 44.1 Å². The van der Waals surface area contributed by atoms with Crippen LogP contribution in [0.3, 0.4) is 0 Å². The first-order valence-corrected chi connectivity index (χ1v) is 16.9. The molecule has 2 N–H and O–H groups in total. The number of hydrogen-bond donors (Lipinski definition) is 2. The van der Waals surface area contributed by atoms with Crippen LogP contribution < -0.4 is 24.8 Å². The summed E-state index contributed by atoms with van der Waals surface area (Å²) in [5, 5.41) is 17.2. The number of anilines is 2. The second-order valence-corrected chi connectivity index (χ2v) is 12.8. The molecule has 2 aromatic heterocycles. The van der Waals surface area contributed by atoms with Crippen LogP contribution in [-0.4, -0.2) is 35.4 Å². The van der Waals surface area contributed by atoms with Crippen molar-refractivity contribution in [3.05, 3.63) is 130 Å². The molecule has 1 aliphatic heterocycles. The number of hydrogen-bond acceptors (Lipinski definition) is 8. The van der Waals surface area contributed by atoms with Crippen LogP contribution in [-0.2, 0) is 24.3 Å². The highest BCUT2D eigenvalue weighted by Crippen LogP contribution is 2.35. The zero-order valence-electron chi connectivity index (χ0n) is 27.1. The van der Waals surface area contributed by atoms with Gasteiger partial charge in [0, 0.05) is 55.3 Å². The molecule has 49 heavy (non-hydrogen) atoms. The fourth-order valence-corrected chi connectivity index (χ4v) is 6.56. The number of nitrogens with zero attached hydrogens (tertiary/aromatic N) is 4. The second kappa shape index (κ2) is 15.5. The van der Waals surface area contributed by atoms with Gasteiger partial charge in [-0.25, -0.2) is 9.78 Å². The summed E-state index contributed by atoms with van der Waals surface area (Å²) < 4.78 is 8.01. The molecule has 0 bridgehead atoms. The number of carbonyl (C=O) groups is 2. The molecule has 0 saturated heterocycles. The highest BCUT2D eigenvalue weighted by molar-refractivity contribution is 7.18. The first-order valence-electron chi connectivity index (χ1n) is 16.1. The maximum absolute atomic E-state index is 12.8. The molecule has 3 heterocycles. The standard InChI is InChI=1S/C37H36N6O5S/c1-41-19-16-27(31-8-2-4-10-33(31)41)23-28-17-20-42(34-11-5-3-9-32(28)34)21-18-29(44)7-6-22-48-30-14-12-26(13-15-30)24-38-36(45)40-37-39-25-35(49-37)43(46)47/h2-5,8-17,19-20,25,27H,6-7,18,21-24H2,1H3,(H-,38,39,40,45)/p+1. The van der Waals surface area contributed by atoms with Gasteiger partial charge in [-0.15, -0.1) is 0 Å². The minimum Gasteiger partial charge on any atom is -0.494 e. The monoisotopic (exact) mass is 677 g/mol. The van der Waals surface area contributed by atoms with E-state index in [-0.39, 0.29) is 22.5 Å². The smallest absolute Gasteiger partial charge is 0.345 e. The van der Waals surface area contributed by atoms with Crippen molar-refractivity contribution in [3.8, 4) is 5.75 Å². The van der Waals surface area contributed by atoms with Gasteiger partial charge in [0.15, 0.2) is 17.9 Å². The van der Waals surface area contributed by atoms with Gasteiger partial charge in [0.2, 0.25) is 5.52 Å². The topological polar surface area (TPSA) is 131 Å². The predicted molar refractivity (Wildman–Crippen MR) is 190 cm³/mol. The number of fused-ring (bicyclic) bond motifs is 2. The molecule has 0 fully saturated rings. The predicted octanol–water partition coefficient (Wildman–Crippen LogP) is 6.92. The lowest BCUT2D eigenvalue weighted by atomic mass is 9.87. The molecule has 1 unspecified atom stereocenters. The fraction of sp³-hybridized carbons (Fsp3) is 0.243. The number of urea groups is 1. The number of nitro groups is 1. The van der Waals surface area contributed by atoms with E-state index >= 15 is 0 Å². The molecule has 5 aromatic rings. The average Bonchev–Trinajstić information content (AvgIpc) is 3.59. The molecule has 0 spiro atoms. The summed E-state index contributed by atoms with van der Waals surface area (Å²) in [7, 11) is 2.08. The molecule has 0 radical (unpaired) electrons. The molecule has 12 heteroatoms. The van der Waals surface area contributed by atoms with E-state index in [2.05, 4.69) is 99.1 Å². The number of aromatic nitrogens is 2. The maximum Gasteiger partial charge on any atom is 0.345 e. The number of amides is 2. The third-order valence-corrected chi connectivity index (χ3v) is 9.35. The summed E-state index contributed by atoms with van der Waals surface area (Å²) in [6.07, 6.45) is 10.1. The molecule has 0 aliphatic carbocycles. The van der Waals surface area contributed by atoms with E-state index in [1.165, 1.54) is 22.2 Å². The van der Waals surface area contributed by atoms with Crippen LogP contribution in [0.25, 0.3) is 10.9 Å². The lowest BCUT2D eigenvalue weighted by molar-refractivity contribution is -0.670. The molecule has 1 aliphatic rings. The minimum atomic E-state index is -0.557. The Labute approximate surface area is 288 Å². The van der Waals surface area contributed by atoms with Crippen molar-refractivity contribution in [1.82, 2.24) is 10.3 Å². The Kier molecular flexibility index (Phi) is 10.5. The summed E-state index contributed by atoms with van der Waals surface area (Å²) in [6, 6.07) is 26.0. The third kappa shape index (κ3) is 8.46. The first-order chi connectivity index (χ1) is 23.8. The van der Waals surface area contributed by atoms with Gasteiger partial charge < -0.3 is 15.0 Å².